The van der Waals surface area contributed by atoms with E-state index in [9.17, 15) is 13.2 Å². The van der Waals surface area contributed by atoms with E-state index in [1.54, 1.807) is 0 Å². The number of carbonyl (C=O) groups is 1. The molecule has 1 aliphatic heterocycles. The van der Waals surface area contributed by atoms with Crippen LogP contribution in [0.5, 0.6) is 0 Å². The maximum atomic E-state index is 12.7. The Morgan fingerprint density at radius 3 is 3.04 bits per heavy atom. The van der Waals surface area contributed by atoms with Crippen LogP contribution < -0.4 is 5.32 Å². The van der Waals surface area contributed by atoms with Crippen LogP contribution in [0.25, 0.3) is 0 Å². The standard InChI is InChI=1S/C14H17N3O4S2/c1-10-3-2-5-17(8-10)23(19,20)11-7-12(22-9-11)14(18)15-13-4-6-21-16-13/h4,6-7,9-10H,2-3,5,8H2,1H3,(H,15,16,18)/t10-/m0/s1. The van der Waals surface area contributed by atoms with Gasteiger partial charge in [0.1, 0.15) is 6.26 Å². The van der Waals surface area contributed by atoms with E-state index < -0.39 is 15.9 Å². The molecular formula is C14H17N3O4S2. The van der Waals surface area contributed by atoms with Crippen LogP contribution in [0.3, 0.4) is 0 Å². The predicted molar refractivity (Wildman–Crippen MR) is 85.9 cm³/mol. The van der Waals surface area contributed by atoms with Crippen molar-refractivity contribution in [1.82, 2.24) is 9.46 Å². The second-order valence-corrected chi connectivity index (χ2v) is 8.45. The van der Waals surface area contributed by atoms with Crippen molar-refractivity contribution in [2.24, 2.45) is 5.92 Å². The van der Waals surface area contributed by atoms with Gasteiger partial charge in [0.25, 0.3) is 5.91 Å². The predicted octanol–water partition coefficient (Wildman–Crippen LogP) is 2.41. The van der Waals surface area contributed by atoms with Gasteiger partial charge in [-0.3, -0.25) is 4.79 Å². The number of aromatic nitrogens is 1. The van der Waals surface area contributed by atoms with E-state index in [2.05, 4.69) is 15.0 Å². The van der Waals surface area contributed by atoms with Crippen LogP contribution in [0.2, 0.25) is 0 Å². The van der Waals surface area contributed by atoms with Gasteiger partial charge in [0, 0.05) is 24.5 Å². The summed E-state index contributed by atoms with van der Waals surface area (Å²) in [5.74, 6) is 0.238. The van der Waals surface area contributed by atoms with Crippen molar-refractivity contribution in [3.05, 3.63) is 28.7 Å². The van der Waals surface area contributed by atoms with Gasteiger partial charge in [0.2, 0.25) is 10.0 Å². The third-order valence-corrected chi connectivity index (χ3v) is 6.66. The Morgan fingerprint density at radius 2 is 2.35 bits per heavy atom. The molecule has 1 aliphatic rings. The van der Waals surface area contributed by atoms with Crippen LogP contribution in [-0.4, -0.2) is 36.9 Å². The van der Waals surface area contributed by atoms with Gasteiger partial charge < -0.3 is 9.84 Å². The molecule has 1 fully saturated rings. The van der Waals surface area contributed by atoms with Crippen molar-refractivity contribution in [1.29, 1.82) is 0 Å². The molecule has 23 heavy (non-hydrogen) atoms. The van der Waals surface area contributed by atoms with Crippen LogP contribution in [0.15, 0.2) is 33.2 Å². The number of sulfonamides is 1. The highest BCUT2D eigenvalue weighted by atomic mass is 32.2. The second kappa shape index (κ2) is 6.42. The minimum atomic E-state index is -3.54. The van der Waals surface area contributed by atoms with Crippen molar-refractivity contribution in [2.75, 3.05) is 18.4 Å². The Bertz CT molecular complexity index is 783. The summed E-state index contributed by atoms with van der Waals surface area (Å²) >= 11 is 1.09. The van der Waals surface area contributed by atoms with E-state index in [0.29, 0.717) is 23.9 Å². The second-order valence-electron chi connectivity index (χ2n) is 5.60. The van der Waals surface area contributed by atoms with Gasteiger partial charge >= 0.3 is 0 Å². The molecular weight excluding hydrogens is 338 g/mol. The topological polar surface area (TPSA) is 92.5 Å². The summed E-state index contributed by atoms with van der Waals surface area (Å²) in [5.41, 5.74) is 0. The number of nitrogens with one attached hydrogen (secondary N) is 1. The van der Waals surface area contributed by atoms with E-state index in [0.717, 1.165) is 24.2 Å². The van der Waals surface area contributed by atoms with Gasteiger partial charge in [-0.2, -0.15) is 4.31 Å². The normalized spacial score (nSPS) is 19.6. The molecule has 3 heterocycles. The van der Waals surface area contributed by atoms with Gasteiger partial charge in [-0.05, 0) is 24.8 Å². The molecule has 0 radical (unpaired) electrons. The molecule has 0 aromatic carbocycles. The van der Waals surface area contributed by atoms with E-state index >= 15 is 0 Å². The first-order chi connectivity index (χ1) is 11.0. The Labute approximate surface area is 138 Å². The van der Waals surface area contributed by atoms with E-state index in [-0.39, 0.29) is 10.7 Å². The molecule has 1 atom stereocenters. The molecule has 0 unspecified atom stereocenters. The number of anilines is 1. The highest BCUT2D eigenvalue weighted by Gasteiger charge is 2.30. The van der Waals surface area contributed by atoms with Crippen molar-refractivity contribution < 1.29 is 17.7 Å². The molecule has 1 saturated heterocycles. The summed E-state index contributed by atoms with van der Waals surface area (Å²) < 4.78 is 31.5. The number of piperidine rings is 1. The summed E-state index contributed by atoms with van der Waals surface area (Å²) in [6.07, 6.45) is 3.25. The molecule has 9 heteroatoms. The average molecular weight is 355 g/mol. The lowest BCUT2D eigenvalue weighted by Gasteiger charge is -2.29. The molecule has 7 nitrogen and oxygen atoms in total. The number of amides is 1. The molecule has 3 rings (SSSR count). The molecule has 2 aromatic heterocycles. The Balaban J connectivity index is 1.76. The summed E-state index contributed by atoms with van der Waals surface area (Å²) in [6, 6.07) is 2.92. The summed E-state index contributed by atoms with van der Waals surface area (Å²) in [5, 5.41) is 7.64. The Morgan fingerprint density at radius 1 is 1.52 bits per heavy atom. The maximum absolute atomic E-state index is 12.7. The van der Waals surface area contributed by atoms with Crippen LogP contribution >= 0.6 is 11.3 Å². The zero-order valence-electron chi connectivity index (χ0n) is 12.6. The third kappa shape index (κ3) is 3.46. The highest BCUT2D eigenvalue weighted by Crippen LogP contribution is 2.27. The molecule has 1 amide bonds. The molecule has 1 N–H and O–H groups in total. The average Bonchev–Trinajstić information content (AvgIpc) is 3.18. The zero-order chi connectivity index (χ0) is 16.4. The van der Waals surface area contributed by atoms with Gasteiger partial charge in [-0.1, -0.05) is 12.1 Å². The van der Waals surface area contributed by atoms with Gasteiger partial charge in [0.15, 0.2) is 5.82 Å². The van der Waals surface area contributed by atoms with E-state index in [1.807, 2.05) is 6.92 Å². The van der Waals surface area contributed by atoms with Crippen molar-refractivity contribution >= 4 is 33.1 Å². The molecule has 0 aliphatic carbocycles. The molecule has 0 bridgehead atoms. The largest absolute Gasteiger partial charge is 0.363 e. The first-order valence-electron chi connectivity index (χ1n) is 7.27. The number of thiophene rings is 1. The summed E-state index contributed by atoms with van der Waals surface area (Å²) in [4.78, 5) is 12.6. The molecule has 0 spiro atoms. The lowest BCUT2D eigenvalue weighted by atomic mass is 10.0. The van der Waals surface area contributed by atoms with E-state index in [4.69, 9.17) is 0 Å². The van der Waals surface area contributed by atoms with E-state index in [1.165, 1.54) is 28.1 Å². The van der Waals surface area contributed by atoms with Gasteiger partial charge in [-0.25, -0.2) is 8.42 Å². The lowest BCUT2D eigenvalue weighted by Crippen LogP contribution is -2.38. The van der Waals surface area contributed by atoms with Gasteiger partial charge in [0.05, 0.1) is 9.77 Å². The fourth-order valence-corrected chi connectivity index (χ4v) is 5.30. The molecule has 124 valence electrons. The minimum Gasteiger partial charge on any atom is -0.363 e. The number of carbonyl (C=O) groups excluding carboxylic acids is 1. The van der Waals surface area contributed by atoms with Crippen LogP contribution in [0, 0.1) is 5.92 Å². The Kier molecular flexibility index (Phi) is 4.51. The van der Waals surface area contributed by atoms with Crippen LogP contribution in [0.1, 0.15) is 29.4 Å². The SMILES string of the molecule is C[C@H]1CCCN(S(=O)(=O)c2csc(C(=O)Nc3ccon3)c2)C1. The summed E-state index contributed by atoms with van der Waals surface area (Å²) in [7, 11) is -3.54. The zero-order valence-corrected chi connectivity index (χ0v) is 14.2. The molecule has 0 saturated carbocycles. The number of hydrogen-bond acceptors (Lipinski definition) is 6. The highest BCUT2D eigenvalue weighted by molar-refractivity contribution is 7.89. The fourth-order valence-electron chi connectivity index (χ4n) is 2.54. The summed E-state index contributed by atoms with van der Waals surface area (Å²) in [6.45, 7) is 3.10. The quantitative estimate of drug-likeness (QED) is 0.909. The number of rotatable bonds is 4. The third-order valence-electron chi connectivity index (χ3n) is 3.74. The Hall–Kier alpha value is -1.71. The maximum Gasteiger partial charge on any atom is 0.267 e. The smallest absolute Gasteiger partial charge is 0.267 e. The number of hydrogen-bond donors (Lipinski definition) is 1. The lowest BCUT2D eigenvalue weighted by molar-refractivity contribution is 0.102. The first-order valence-corrected chi connectivity index (χ1v) is 9.59. The van der Waals surface area contributed by atoms with Crippen molar-refractivity contribution in [3.63, 3.8) is 0 Å². The van der Waals surface area contributed by atoms with Crippen LogP contribution in [0.4, 0.5) is 5.82 Å². The van der Waals surface area contributed by atoms with Crippen molar-refractivity contribution in [2.45, 2.75) is 24.7 Å². The first kappa shape index (κ1) is 16.2. The monoisotopic (exact) mass is 355 g/mol. The fraction of sp³-hybridized carbons (Fsp3) is 0.429. The van der Waals surface area contributed by atoms with Crippen molar-refractivity contribution in [3.8, 4) is 0 Å². The molecule has 2 aromatic rings. The van der Waals surface area contributed by atoms with Gasteiger partial charge in [-0.15, -0.1) is 11.3 Å². The van der Waals surface area contributed by atoms with Crippen LogP contribution in [-0.2, 0) is 10.0 Å². The number of nitrogens with zero attached hydrogens (tertiary/aromatic N) is 2. The minimum absolute atomic E-state index is 0.168.